The molecule has 0 fully saturated rings. The molecular weight excluding hydrogens is 98.1 g/mol. The average molecular weight is 102 g/mol. The van der Waals surface area contributed by atoms with Gasteiger partial charge in [0.25, 0.3) is 0 Å². The fraction of sp³-hybridized carbons (Fsp3) is 0.333. The minimum Gasteiger partial charge on any atom is -0.317 e. The van der Waals surface area contributed by atoms with Crippen LogP contribution in [-0.2, 0) is 4.79 Å². The van der Waals surface area contributed by atoms with Crippen LogP contribution in [0.5, 0.6) is 0 Å². The molecule has 2 N–H and O–H groups in total. The molecule has 1 unspecified atom stereocenters. The van der Waals surface area contributed by atoms with E-state index in [1.807, 2.05) is 0 Å². The van der Waals surface area contributed by atoms with Crippen molar-refractivity contribution < 1.29 is 4.79 Å². The van der Waals surface area contributed by atoms with Crippen LogP contribution in [0.25, 0.3) is 0 Å². The van der Waals surface area contributed by atoms with E-state index in [9.17, 15) is 4.79 Å². The van der Waals surface area contributed by atoms with E-state index in [0.29, 0.717) is 0 Å². The molecule has 0 aliphatic carbocycles. The van der Waals surface area contributed by atoms with Crippen molar-refractivity contribution >= 4 is 23.9 Å². The Kier molecular flexibility index (Phi) is 2.80. The second-order valence-corrected chi connectivity index (χ2v) is 1.05. The van der Waals surface area contributed by atoms with Crippen LogP contribution < -0.4 is 5.73 Å². The zero-order valence-electron chi connectivity index (χ0n) is 3.05. The van der Waals surface area contributed by atoms with Crippen molar-refractivity contribution in [2.75, 3.05) is 0 Å². The van der Waals surface area contributed by atoms with E-state index >= 15 is 0 Å². The molecule has 0 aromatic carbocycles. The summed E-state index contributed by atoms with van der Waals surface area (Å²) in [5.41, 5.74) is 4.89. The summed E-state index contributed by atoms with van der Waals surface area (Å²) in [5, 5.41) is 1.16. The van der Waals surface area contributed by atoms with Gasteiger partial charge < -0.3 is 5.73 Å². The topological polar surface area (TPSA) is 43.1 Å². The highest BCUT2D eigenvalue weighted by atomic mass is 32.1. The lowest BCUT2D eigenvalue weighted by Gasteiger charge is -1.81. The fourth-order valence-corrected chi connectivity index (χ4v) is 0.0833. The Morgan fingerprint density at radius 1 is 2.00 bits per heavy atom. The van der Waals surface area contributed by atoms with Crippen molar-refractivity contribution in [3.05, 3.63) is 0 Å². The van der Waals surface area contributed by atoms with E-state index in [1.54, 1.807) is 0 Å². The maximum atomic E-state index is 9.39. The third-order valence-corrected chi connectivity index (χ3v) is 0.576. The molecule has 1 atom stereocenters. The molecule has 1 radical (unpaired) electrons. The molecule has 0 heterocycles. The Morgan fingerprint density at radius 3 is 2.50 bits per heavy atom. The molecule has 6 heavy (non-hydrogen) atoms. The van der Waals surface area contributed by atoms with E-state index in [-0.39, 0.29) is 0 Å². The normalized spacial score (nSPS) is 12.8. The lowest BCUT2D eigenvalue weighted by Crippen LogP contribution is -2.21. The summed E-state index contributed by atoms with van der Waals surface area (Å²) < 4.78 is 0. The highest BCUT2D eigenvalue weighted by molar-refractivity contribution is 7.79. The van der Waals surface area contributed by atoms with Gasteiger partial charge in [-0.3, -0.25) is 4.79 Å². The predicted octanol–water partition coefficient (Wildman–Crippen LogP) is -0.577. The van der Waals surface area contributed by atoms with Gasteiger partial charge in [0.1, 0.15) is 6.04 Å². The Labute approximate surface area is 41.3 Å². The highest BCUT2D eigenvalue weighted by Crippen LogP contribution is 1.58. The third kappa shape index (κ3) is 1.99. The zero-order valence-corrected chi connectivity index (χ0v) is 3.87. The smallest absolute Gasteiger partial charge is 0.221 e. The summed E-state index contributed by atoms with van der Waals surface area (Å²) in [4.78, 5) is 9.39. The lowest BCUT2D eigenvalue weighted by atomic mass is 10.4. The Morgan fingerprint density at radius 2 is 2.50 bits per heavy atom. The van der Waals surface area contributed by atoms with Crippen LogP contribution in [0.2, 0.25) is 0 Å². The maximum absolute atomic E-state index is 9.39. The number of rotatable bonds is 2. The summed E-state index contributed by atoms with van der Waals surface area (Å²) in [6.45, 7) is 0. The van der Waals surface area contributed by atoms with Crippen LogP contribution in [0, 0.1) is 0 Å². The number of carbonyl (C=O) groups excluding carboxylic acids is 1. The number of hydrogen-bond acceptors (Lipinski definition) is 3. The molecular formula is C3H4NOS. The van der Waals surface area contributed by atoms with E-state index in [2.05, 4.69) is 12.2 Å². The summed E-state index contributed by atoms with van der Waals surface area (Å²) in [7, 11) is 0. The van der Waals surface area contributed by atoms with Crippen molar-refractivity contribution in [2.45, 2.75) is 6.04 Å². The number of hydrogen-bond donors (Lipinski definition) is 1. The minimum atomic E-state index is -0.681. The van der Waals surface area contributed by atoms with Gasteiger partial charge in [0, 0.05) is 5.37 Å². The molecule has 0 amide bonds. The summed E-state index contributed by atoms with van der Waals surface area (Å²) in [6.07, 6.45) is 1.48. The van der Waals surface area contributed by atoms with E-state index < -0.39 is 6.04 Å². The van der Waals surface area contributed by atoms with Gasteiger partial charge >= 0.3 is 0 Å². The quantitative estimate of drug-likeness (QED) is 0.474. The first-order valence-electron chi connectivity index (χ1n) is 1.40. The Bertz CT molecular complexity index is 55.8. The lowest BCUT2D eigenvalue weighted by molar-refractivity contribution is 0.552. The van der Waals surface area contributed by atoms with Crippen molar-refractivity contribution in [1.82, 2.24) is 0 Å². The van der Waals surface area contributed by atoms with E-state index in [0.717, 1.165) is 5.37 Å². The monoisotopic (exact) mass is 102 g/mol. The minimum absolute atomic E-state index is 0.681. The average Bonchev–Trinajstić information content (AvgIpc) is 1.65. The summed E-state index contributed by atoms with van der Waals surface area (Å²) in [5.74, 6) is 0. The largest absolute Gasteiger partial charge is 0.317 e. The molecule has 0 aromatic rings. The Hall–Kier alpha value is -0.280. The molecule has 0 rings (SSSR count). The first-order chi connectivity index (χ1) is 2.81. The predicted molar refractivity (Wildman–Crippen MR) is 27.3 cm³/mol. The van der Waals surface area contributed by atoms with Gasteiger partial charge in [-0.05, 0) is 0 Å². The summed E-state index contributed by atoms with van der Waals surface area (Å²) in [6, 6.07) is -0.681. The molecule has 0 aromatic heterocycles. The standard InChI is InChI=1S/C3H4NOS/c4-3(1-5)2-6/h2-3H,4H2. The molecule has 2 nitrogen and oxygen atoms in total. The van der Waals surface area contributed by atoms with Gasteiger partial charge in [-0.1, -0.05) is 12.2 Å². The van der Waals surface area contributed by atoms with Crippen molar-refractivity contribution in [1.29, 1.82) is 0 Å². The third-order valence-electron chi connectivity index (χ3n) is 0.283. The van der Waals surface area contributed by atoms with Crippen molar-refractivity contribution in [3.8, 4) is 0 Å². The first-order valence-corrected chi connectivity index (χ1v) is 1.87. The SMILES string of the molecule is NC([C]=O)C=S. The fourth-order valence-electron chi connectivity index (χ4n) is 0.0278. The zero-order chi connectivity index (χ0) is 4.99. The Balaban J connectivity index is 3.21. The molecule has 0 spiro atoms. The number of nitrogens with two attached hydrogens (primary N) is 1. The van der Waals surface area contributed by atoms with Crippen LogP contribution in [0.4, 0.5) is 0 Å². The molecule has 0 aliphatic rings. The molecule has 33 valence electrons. The molecule has 3 heteroatoms. The van der Waals surface area contributed by atoms with Crippen LogP contribution in [0.1, 0.15) is 0 Å². The second-order valence-electron chi connectivity index (χ2n) is 0.780. The maximum Gasteiger partial charge on any atom is 0.221 e. The molecule has 0 saturated heterocycles. The molecule has 0 bridgehead atoms. The van der Waals surface area contributed by atoms with Crippen LogP contribution in [0.3, 0.4) is 0 Å². The first kappa shape index (κ1) is 5.72. The van der Waals surface area contributed by atoms with Crippen LogP contribution in [0.15, 0.2) is 0 Å². The highest BCUT2D eigenvalue weighted by Gasteiger charge is 1.88. The second kappa shape index (κ2) is 2.93. The van der Waals surface area contributed by atoms with E-state index in [1.165, 1.54) is 6.29 Å². The van der Waals surface area contributed by atoms with Gasteiger partial charge in [-0.25, -0.2) is 0 Å². The van der Waals surface area contributed by atoms with Gasteiger partial charge in [-0.2, -0.15) is 0 Å². The summed E-state index contributed by atoms with van der Waals surface area (Å²) >= 11 is 4.26. The van der Waals surface area contributed by atoms with Gasteiger partial charge in [0.2, 0.25) is 6.29 Å². The molecule has 0 aliphatic heterocycles. The van der Waals surface area contributed by atoms with Gasteiger partial charge in [0.15, 0.2) is 0 Å². The number of thiocarbonyl (C=S) groups is 1. The van der Waals surface area contributed by atoms with Crippen molar-refractivity contribution in [2.24, 2.45) is 5.73 Å². The van der Waals surface area contributed by atoms with Crippen LogP contribution in [-0.4, -0.2) is 17.7 Å². The van der Waals surface area contributed by atoms with Crippen molar-refractivity contribution in [3.63, 3.8) is 0 Å². The molecule has 0 saturated carbocycles. The van der Waals surface area contributed by atoms with Gasteiger partial charge in [0.05, 0.1) is 0 Å². The van der Waals surface area contributed by atoms with E-state index in [4.69, 9.17) is 5.73 Å². The van der Waals surface area contributed by atoms with Gasteiger partial charge in [-0.15, -0.1) is 0 Å². The van der Waals surface area contributed by atoms with Crippen LogP contribution >= 0.6 is 12.2 Å².